The molecule has 1 amide bonds. The molecule has 0 saturated carbocycles. The summed E-state index contributed by atoms with van der Waals surface area (Å²) in [5.74, 6) is 0.0894. The van der Waals surface area contributed by atoms with Crippen LogP contribution in [0, 0.1) is 0 Å². The summed E-state index contributed by atoms with van der Waals surface area (Å²) < 4.78 is 11.7. The highest BCUT2D eigenvalue weighted by atomic mass is 16.6. The summed E-state index contributed by atoms with van der Waals surface area (Å²) in [6, 6.07) is 3.54. The molecule has 1 atom stereocenters. The highest BCUT2D eigenvalue weighted by Crippen LogP contribution is 2.37. The molecule has 0 radical (unpaired) electrons. The number of likely N-dealkylation sites (tertiary alicyclic amines) is 1. The highest BCUT2D eigenvalue weighted by Gasteiger charge is 2.43. The van der Waals surface area contributed by atoms with E-state index in [4.69, 9.17) is 9.47 Å². The molecule has 1 aromatic heterocycles. The topological polar surface area (TPSA) is 51.7 Å². The molecule has 3 heterocycles. The Morgan fingerprint density at radius 2 is 2.14 bits per heavy atom. The van der Waals surface area contributed by atoms with Crippen LogP contribution in [0.2, 0.25) is 0 Å². The number of carbonyl (C=O) groups is 1. The number of aromatic nitrogens is 1. The van der Waals surface area contributed by atoms with Crippen molar-refractivity contribution in [1.82, 2.24) is 9.88 Å². The lowest BCUT2D eigenvalue weighted by atomic mass is 9.87. The molecular weight excluding hydrogens is 268 g/mol. The predicted octanol–water partition coefficient (Wildman–Crippen LogP) is 1.88. The van der Waals surface area contributed by atoms with Crippen LogP contribution in [-0.4, -0.2) is 53.8 Å². The van der Waals surface area contributed by atoms with Gasteiger partial charge >= 0.3 is 0 Å². The second-order valence-corrected chi connectivity index (χ2v) is 5.80. The lowest BCUT2D eigenvalue weighted by Gasteiger charge is -2.38. The maximum absolute atomic E-state index is 12.4. The van der Waals surface area contributed by atoms with Gasteiger partial charge in [-0.15, -0.1) is 0 Å². The number of piperidine rings is 1. The summed E-state index contributed by atoms with van der Waals surface area (Å²) in [6.45, 7) is 4.93. The molecule has 0 aromatic carbocycles. The summed E-state index contributed by atoms with van der Waals surface area (Å²) in [5.41, 5.74) is 0.634. The molecule has 0 aliphatic carbocycles. The zero-order chi connectivity index (χ0) is 14.7. The van der Waals surface area contributed by atoms with Gasteiger partial charge in [0.15, 0.2) is 0 Å². The Morgan fingerprint density at radius 3 is 2.81 bits per heavy atom. The van der Waals surface area contributed by atoms with Crippen LogP contribution in [0.15, 0.2) is 24.5 Å². The van der Waals surface area contributed by atoms with Crippen LogP contribution in [0.3, 0.4) is 0 Å². The number of ether oxygens (including phenoxy) is 2. The summed E-state index contributed by atoms with van der Waals surface area (Å²) in [7, 11) is 0. The minimum Gasteiger partial charge on any atom is -0.376 e. The number of pyridine rings is 1. The van der Waals surface area contributed by atoms with Gasteiger partial charge in [-0.2, -0.15) is 0 Å². The fourth-order valence-corrected chi connectivity index (χ4v) is 3.29. The molecule has 0 unspecified atom stereocenters. The van der Waals surface area contributed by atoms with Crippen LogP contribution in [0.1, 0.15) is 36.5 Å². The molecular formula is C16H22N2O3. The third kappa shape index (κ3) is 3.09. The third-order valence-electron chi connectivity index (χ3n) is 4.47. The number of nitrogens with zero attached hydrogens (tertiary/aromatic N) is 2. The SMILES string of the molecule is CCO[C@H]1COC2(CCN(C(=O)c3ccncc3)CC2)C1. The molecule has 21 heavy (non-hydrogen) atoms. The molecule has 1 aromatic rings. The second kappa shape index (κ2) is 6.12. The molecule has 2 fully saturated rings. The standard InChI is InChI=1S/C16H22N2O3/c1-2-20-14-11-16(21-12-14)5-9-18(10-6-16)15(19)13-3-7-17-8-4-13/h3-4,7-8,14H,2,5-6,9-12H2,1H3/t14-/m1/s1. The lowest BCUT2D eigenvalue weighted by Crippen LogP contribution is -2.46. The van der Waals surface area contributed by atoms with Gasteiger partial charge in [0, 0.05) is 44.1 Å². The number of hydrogen-bond donors (Lipinski definition) is 0. The first kappa shape index (κ1) is 14.5. The fourth-order valence-electron chi connectivity index (χ4n) is 3.29. The van der Waals surface area contributed by atoms with Crippen LogP contribution in [0.4, 0.5) is 0 Å². The van der Waals surface area contributed by atoms with Crippen LogP contribution < -0.4 is 0 Å². The van der Waals surface area contributed by atoms with E-state index in [1.54, 1.807) is 24.5 Å². The van der Waals surface area contributed by atoms with Crippen molar-refractivity contribution in [2.24, 2.45) is 0 Å². The Hall–Kier alpha value is -1.46. The van der Waals surface area contributed by atoms with Crippen molar-refractivity contribution in [2.45, 2.75) is 37.9 Å². The first-order valence-electron chi connectivity index (χ1n) is 7.67. The normalized spacial score (nSPS) is 24.4. The molecule has 0 bridgehead atoms. The van der Waals surface area contributed by atoms with Crippen molar-refractivity contribution in [3.05, 3.63) is 30.1 Å². The van der Waals surface area contributed by atoms with E-state index >= 15 is 0 Å². The van der Waals surface area contributed by atoms with Crippen molar-refractivity contribution in [2.75, 3.05) is 26.3 Å². The second-order valence-electron chi connectivity index (χ2n) is 5.80. The van der Waals surface area contributed by atoms with Gasteiger partial charge in [0.05, 0.1) is 18.3 Å². The summed E-state index contributed by atoms with van der Waals surface area (Å²) in [5, 5.41) is 0. The van der Waals surface area contributed by atoms with Crippen molar-refractivity contribution in [1.29, 1.82) is 0 Å². The van der Waals surface area contributed by atoms with Gasteiger partial charge in [0.1, 0.15) is 0 Å². The van der Waals surface area contributed by atoms with E-state index in [0.29, 0.717) is 12.2 Å². The van der Waals surface area contributed by atoms with E-state index in [1.165, 1.54) is 0 Å². The number of rotatable bonds is 3. The van der Waals surface area contributed by atoms with E-state index in [1.807, 2.05) is 11.8 Å². The Morgan fingerprint density at radius 1 is 1.43 bits per heavy atom. The molecule has 0 N–H and O–H groups in total. The minimum atomic E-state index is -0.0745. The monoisotopic (exact) mass is 290 g/mol. The molecule has 1 spiro atoms. The van der Waals surface area contributed by atoms with Crippen molar-refractivity contribution < 1.29 is 14.3 Å². The third-order valence-corrected chi connectivity index (χ3v) is 4.47. The van der Waals surface area contributed by atoms with Crippen molar-refractivity contribution >= 4 is 5.91 Å². The van der Waals surface area contributed by atoms with Gasteiger partial charge < -0.3 is 14.4 Å². The summed E-state index contributed by atoms with van der Waals surface area (Å²) in [6.07, 6.45) is 6.29. The average Bonchev–Trinajstić information content (AvgIpc) is 2.91. The quantitative estimate of drug-likeness (QED) is 0.853. The molecule has 114 valence electrons. The largest absolute Gasteiger partial charge is 0.376 e. The zero-order valence-corrected chi connectivity index (χ0v) is 12.5. The Labute approximate surface area is 125 Å². The Bertz CT molecular complexity index is 484. The van der Waals surface area contributed by atoms with Gasteiger partial charge in [0.25, 0.3) is 5.91 Å². The number of hydrogen-bond acceptors (Lipinski definition) is 4. The van der Waals surface area contributed by atoms with Crippen LogP contribution in [0.25, 0.3) is 0 Å². The van der Waals surface area contributed by atoms with E-state index in [9.17, 15) is 4.79 Å². The van der Waals surface area contributed by atoms with Crippen molar-refractivity contribution in [3.63, 3.8) is 0 Å². The van der Waals surface area contributed by atoms with Crippen LogP contribution in [0.5, 0.6) is 0 Å². The molecule has 5 nitrogen and oxygen atoms in total. The molecule has 5 heteroatoms. The zero-order valence-electron chi connectivity index (χ0n) is 12.5. The summed E-state index contributed by atoms with van der Waals surface area (Å²) in [4.78, 5) is 18.3. The van der Waals surface area contributed by atoms with Gasteiger partial charge in [-0.05, 0) is 31.9 Å². The van der Waals surface area contributed by atoms with E-state index in [-0.39, 0.29) is 17.6 Å². The van der Waals surface area contributed by atoms with Gasteiger partial charge in [-0.1, -0.05) is 0 Å². The van der Waals surface area contributed by atoms with Crippen molar-refractivity contribution in [3.8, 4) is 0 Å². The van der Waals surface area contributed by atoms with E-state index in [0.717, 1.165) is 39.0 Å². The van der Waals surface area contributed by atoms with E-state index in [2.05, 4.69) is 4.98 Å². The van der Waals surface area contributed by atoms with Gasteiger partial charge in [0.2, 0.25) is 0 Å². The molecule has 3 rings (SSSR count). The lowest BCUT2D eigenvalue weighted by molar-refractivity contribution is -0.0407. The Kier molecular flexibility index (Phi) is 4.22. The Balaban J connectivity index is 1.57. The molecule has 2 aliphatic heterocycles. The summed E-state index contributed by atoms with van der Waals surface area (Å²) >= 11 is 0. The highest BCUT2D eigenvalue weighted by molar-refractivity contribution is 5.94. The average molecular weight is 290 g/mol. The fraction of sp³-hybridized carbons (Fsp3) is 0.625. The molecule has 2 saturated heterocycles. The molecule has 2 aliphatic rings. The van der Waals surface area contributed by atoms with Gasteiger partial charge in [-0.3, -0.25) is 9.78 Å². The number of amides is 1. The van der Waals surface area contributed by atoms with Gasteiger partial charge in [-0.25, -0.2) is 0 Å². The van der Waals surface area contributed by atoms with Crippen LogP contribution in [-0.2, 0) is 9.47 Å². The maximum atomic E-state index is 12.4. The first-order chi connectivity index (χ1) is 10.2. The smallest absolute Gasteiger partial charge is 0.253 e. The van der Waals surface area contributed by atoms with Crippen LogP contribution >= 0.6 is 0 Å². The van der Waals surface area contributed by atoms with E-state index < -0.39 is 0 Å². The first-order valence-corrected chi connectivity index (χ1v) is 7.67. The number of carbonyl (C=O) groups excluding carboxylic acids is 1. The predicted molar refractivity (Wildman–Crippen MR) is 78.1 cm³/mol. The minimum absolute atomic E-state index is 0.0745. The maximum Gasteiger partial charge on any atom is 0.253 e.